The number of benzene rings is 1. The lowest BCUT2D eigenvalue weighted by molar-refractivity contribution is 0.277. The molecular formula is C19H35NO3SSi. The van der Waals surface area contributed by atoms with E-state index in [1.165, 1.54) is 0 Å². The molecule has 144 valence electrons. The lowest BCUT2D eigenvalue weighted by atomic mass is 10.0. The quantitative estimate of drug-likeness (QED) is 0.492. The van der Waals surface area contributed by atoms with Gasteiger partial charge in [-0.2, -0.15) is 0 Å². The van der Waals surface area contributed by atoms with Gasteiger partial charge in [0, 0.05) is 6.61 Å². The molecule has 25 heavy (non-hydrogen) atoms. The second-order valence-electron chi connectivity index (χ2n) is 8.43. The molecule has 0 saturated heterocycles. The summed E-state index contributed by atoms with van der Waals surface area (Å²) in [6, 6.07) is 5.34. The van der Waals surface area contributed by atoms with Gasteiger partial charge in [0.1, 0.15) is 0 Å². The van der Waals surface area contributed by atoms with Gasteiger partial charge in [0.15, 0.2) is 8.32 Å². The van der Waals surface area contributed by atoms with E-state index in [1.54, 1.807) is 12.1 Å². The molecule has 0 aliphatic heterocycles. The van der Waals surface area contributed by atoms with E-state index < -0.39 is 18.3 Å². The van der Waals surface area contributed by atoms with Crippen LogP contribution in [0.3, 0.4) is 0 Å². The zero-order chi connectivity index (χ0) is 19.3. The molecule has 0 unspecified atom stereocenters. The average molecular weight is 386 g/mol. The van der Waals surface area contributed by atoms with Crippen LogP contribution < -0.4 is 5.14 Å². The van der Waals surface area contributed by atoms with E-state index in [4.69, 9.17) is 9.56 Å². The van der Waals surface area contributed by atoms with Crippen molar-refractivity contribution in [2.75, 3.05) is 6.61 Å². The van der Waals surface area contributed by atoms with Crippen LogP contribution in [0.2, 0.25) is 18.1 Å². The van der Waals surface area contributed by atoms with Crippen molar-refractivity contribution in [3.8, 4) is 0 Å². The van der Waals surface area contributed by atoms with E-state index in [0.717, 1.165) is 49.8 Å². The Morgan fingerprint density at radius 1 is 1.08 bits per heavy atom. The molecule has 0 saturated carbocycles. The van der Waals surface area contributed by atoms with Crippen molar-refractivity contribution in [1.29, 1.82) is 0 Å². The van der Waals surface area contributed by atoms with Crippen molar-refractivity contribution in [1.82, 2.24) is 0 Å². The molecule has 1 aromatic carbocycles. The summed E-state index contributed by atoms with van der Waals surface area (Å²) in [4.78, 5) is 0.263. The van der Waals surface area contributed by atoms with E-state index in [1.807, 2.05) is 13.0 Å². The van der Waals surface area contributed by atoms with Gasteiger partial charge in [-0.25, -0.2) is 13.6 Å². The molecule has 2 N–H and O–H groups in total. The first-order valence-corrected chi connectivity index (χ1v) is 13.6. The minimum absolute atomic E-state index is 0.252. The van der Waals surface area contributed by atoms with E-state index in [9.17, 15) is 8.42 Å². The van der Waals surface area contributed by atoms with Crippen molar-refractivity contribution in [3.63, 3.8) is 0 Å². The molecule has 0 heterocycles. The summed E-state index contributed by atoms with van der Waals surface area (Å²) in [5.74, 6) is 0. The lowest BCUT2D eigenvalue weighted by Crippen LogP contribution is -2.40. The lowest BCUT2D eigenvalue weighted by Gasteiger charge is -2.36. The van der Waals surface area contributed by atoms with Crippen LogP contribution in [0.5, 0.6) is 0 Å². The average Bonchev–Trinajstić information content (AvgIpc) is 2.43. The van der Waals surface area contributed by atoms with Gasteiger partial charge < -0.3 is 4.43 Å². The predicted octanol–water partition coefficient (Wildman–Crippen LogP) is 4.77. The summed E-state index contributed by atoms with van der Waals surface area (Å²) in [6.45, 7) is 14.1. The zero-order valence-electron chi connectivity index (χ0n) is 16.7. The van der Waals surface area contributed by atoms with Crippen LogP contribution in [0, 0.1) is 6.92 Å². The van der Waals surface area contributed by atoms with Gasteiger partial charge in [-0.15, -0.1) is 0 Å². The van der Waals surface area contributed by atoms with Crippen LogP contribution >= 0.6 is 0 Å². The topological polar surface area (TPSA) is 69.4 Å². The molecule has 0 fully saturated rings. The van der Waals surface area contributed by atoms with E-state index in [-0.39, 0.29) is 9.93 Å². The van der Waals surface area contributed by atoms with Crippen molar-refractivity contribution < 1.29 is 12.8 Å². The first kappa shape index (κ1) is 22.3. The van der Waals surface area contributed by atoms with E-state index >= 15 is 0 Å². The van der Waals surface area contributed by atoms with Gasteiger partial charge in [0.05, 0.1) is 4.90 Å². The molecule has 0 aliphatic rings. The predicted molar refractivity (Wildman–Crippen MR) is 108 cm³/mol. The summed E-state index contributed by atoms with van der Waals surface area (Å²) in [5.41, 5.74) is 1.89. The van der Waals surface area contributed by atoms with Crippen molar-refractivity contribution >= 4 is 18.3 Å². The summed E-state index contributed by atoms with van der Waals surface area (Å²) >= 11 is 0. The number of hydrogen-bond acceptors (Lipinski definition) is 3. The van der Waals surface area contributed by atoms with Gasteiger partial charge in [-0.3, -0.25) is 0 Å². The highest BCUT2D eigenvalue weighted by Crippen LogP contribution is 2.36. The minimum atomic E-state index is -3.65. The Bertz CT molecular complexity index is 664. The number of rotatable bonds is 9. The van der Waals surface area contributed by atoms with Crippen molar-refractivity contribution in [3.05, 3.63) is 29.3 Å². The molecular weight excluding hydrogens is 350 g/mol. The van der Waals surface area contributed by atoms with Gasteiger partial charge >= 0.3 is 0 Å². The normalized spacial score (nSPS) is 13.2. The number of aryl methyl sites for hydroxylation is 2. The number of primary sulfonamides is 1. The number of hydrogen-bond donors (Lipinski definition) is 1. The molecule has 1 aromatic rings. The zero-order valence-corrected chi connectivity index (χ0v) is 18.5. The van der Waals surface area contributed by atoms with E-state index in [2.05, 4.69) is 33.9 Å². The molecule has 0 amide bonds. The number of unbranched alkanes of at least 4 members (excludes halogenated alkanes) is 3. The number of sulfonamides is 1. The monoisotopic (exact) mass is 385 g/mol. The maximum absolute atomic E-state index is 11.7. The second kappa shape index (κ2) is 8.80. The highest BCUT2D eigenvalue weighted by molar-refractivity contribution is 7.89. The van der Waals surface area contributed by atoms with Gasteiger partial charge in [0.25, 0.3) is 0 Å². The summed E-state index contributed by atoms with van der Waals surface area (Å²) in [5, 5.41) is 5.57. The van der Waals surface area contributed by atoms with Crippen LogP contribution in [0.15, 0.2) is 23.1 Å². The third-order valence-corrected chi connectivity index (χ3v) is 10.7. The molecule has 1 rings (SSSR count). The molecule has 0 spiro atoms. The first-order chi connectivity index (χ1) is 11.3. The Morgan fingerprint density at radius 2 is 1.68 bits per heavy atom. The fraction of sp³-hybridized carbons (Fsp3) is 0.684. The molecule has 0 atom stereocenters. The smallest absolute Gasteiger partial charge is 0.238 e. The SMILES string of the molecule is Cc1ccc(S(N)(=O)=O)c(CCCCCCO[Si](C)(C)C(C)(C)C)c1. The largest absolute Gasteiger partial charge is 0.417 e. The highest BCUT2D eigenvalue weighted by Gasteiger charge is 2.36. The third-order valence-electron chi connectivity index (χ3n) is 5.13. The standard InChI is InChI=1S/C19H35NO3SSi/c1-16-12-13-18(24(20,21)22)17(15-16)11-9-7-8-10-14-23-25(5,6)19(2,3)4/h12-13,15H,7-11,14H2,1-6H3,(H2,20,21,22). The van der Waals surface area contributed by atoms with Crippen LogP contribution in [0.1, 0.15) is 57.6 Å². The molecule has 6 heteroatoms. The summed E-state index contributed by atoms with van der Waals surface area (Å²) in [7, 11) is -5.29. The molecule has 0 radical (unpaired) electrons. The van der Waals surface area contributed by atoms with Crippen LogP contribution in [-0.2, 0) is 20.9 Å². The van der Waals surface area contributed by atoms with Gasteiger partial charge in [-0.1, -0.05) is 51.3 Å². The summed E-state index contributed by atoms with van der Waals surface area (Å²) in [6.07, 6.45) is 4.94. The highest BCUT2D eigenvalue weighted by atomic mass is 32.2. The van der Waals surface area contributed by atoms with Crippen molar-refractivity contribution in [2.24, 2.45) is 5.14 Å². The molecule has 4 nitrogen and oxygen atoms in total. The number of nitrogens with two attached hydrogens (primary N) is 1. The van der Waals surface area contributed by atoms with Crippen molar-refractivity contribution in [2.45, 2.75) is 82.8 Å². The maximum Gasteiger partial charge on any atom is 0.238 e. The van der Waals surface area contributed by atoms with Crippen LogP contribution in [0.25, 0.3) is 0 Å². The maximum atomic E-state index is 11.7. The van der Waals surface area contributed by atoms with Crippen LogP contribution in [0.4, 0.5) is 0 Å². The minimum Gasteiger partial charge on any atom is -0.417 e. The fourth-order valence-corrected chi connectivity index (χ4v) is 4.37. The Balaban J connectivity index is 2.39. The third kappa shape index (κ3) is 7.21. The van der Waals surface area contributed by atoms with E-state index in [0.29, 0.717) is 0 Å². The molecule has 0 bridgehead atoms. The van der Waals surface area contributed by atoms with Gasteiger partial charge in [0.2, 0.25) is 10.0 Å². The molecule has 0 aromatic heterocycles. The Labute approximate surface area is 155 Å². The summed E-state index contributed by atoms with van der Waals surface area (Å²) < 4.78 is 29.5. The Hall–Kier alpha value is -0.693. The van der Waals surface area contributed by atoms with Gasteiger partial charge in [-0.05, 0) is 55.9 Å². The van der Waals surface area contributed by atoms with Crippen LogP contribution in [-0.4, -0.2) is 23.3 Å². The fourth-order valence-electron chi connectivity index (χ4n) is 2.50. The first-order valence-electron chi connectivity index (χ1n) is 9.11. The molecule has 0 aliphatic carbocycles. The Kier molecular flexibility index (Phi) is 7.86. The second-order valence-corrected chi connectivity index (χ2v) is 14.8. The Morgan fingerprint density at radius 3 is 2.24 bits per heavy atom.